The number of aromatic amines is 1. The Morgan fingerprint density at radius 2 is 2.23 bits per heavy atom. The summed E-state index contributed by atoms with van der Waals surface area (Å²) >= 11 is 0. The maximum atomic E-state index is 5.77. The molecule has 13 heavy (non-hydrogen) atoms. The number of nitrogens with one attached hydrogen (secondary N) is 1. The Kier molecular flexibility index (Phi) is 3.12. The van der Waals surface area contributed by atoms with Crippen molar-refractivity contribution < 1.29 is 0 Å². The molecule has 1 heterocycles. The van der Waals surface area contributed by atoms with Gasteiger partial charge in [-0.1, -0.05) is 0 Å². The van der Waals surface area contributed by atoms with Crippen molar-refractivity contribution in [1.29, 1.82) is 0 Å². The van der Waals surface area contributed by atoms with Crippen LogP contribution in [0.1, 0.15) is 12.6 Å². The summed E-state index contributed by atoms with van der Waals surface area (Å²) in [6, 6.07) is 4.11. The second-order valence-corrected chi connectivity index (χ2v) is 3.97. The van der Waals surface area contributed by atoms with Gasteiger partial charge in [-0.2, -0.15) is 0 Å². The van der Waals surface area contributed by atoms with Gasteiger partial charge >= 0.3 is 0 Å². The van der Waals surface area contributed by atoms with Crippen LogP contribution >= 0.6 is 0 Å². The van der Waals surface area contributed by atoms with Crippen LogP contribution in [0.2, 0.25) is 0 Å². The Balaban J connectivity index is 2.69. The predicted octanol–water partition coefficient (Wildman–Crippen LogP) is 0.836. The van der Waals surface area contributed by atoms with Crippen molar-refractivity contribution in [2.75, 3.05) is 20.6 Å². The van der Waals surface area contributed by atoms with E-state index in [-0.39, 0.29) is 5.54 Å². The van der Waals surface area contributed by atoms with E-state index in [4.69, 9.17) is 5.73 Å². The number of aromatic nitrogens is 1. The lowest BCUT2D eigenvalue weighted by atomic mass is 9.95. The fourth-order valence-corrected chi connectivity index (χ4v) is 1.30. The van der Waals surface area contributed by atoms with Gasteiger partial charge in [-0.25, -0.2) is 0 Å². The van der Waals surface area contributed by atoms with E-state index in [9.17, 15) is 0 Å². The molecule has 0 saturated heterocycles. The molecule has 0 radical (unpaired) electrons. The lowest BCUT2D eigenvalue weighted by Crippen LogP contribution is -2.49. The molecule has 0 aliphatic heterocycles. The molecule has 0 spiro atoms. The largest absolute Gasteiger partial charge is 0.365 e. The predicted molar refractivity (Wildman–Crippen MR) is 55.6 cm³/mol. The van der Waals surface area contributed by atoms with Gasteiger partial charge < -0.3 is 15.6 Å². The molecule has 0 saturated carbocycles. The van der Waals surface area contributed by atoms with E-state index in [2.05, 4.69) is 37.0 Å². The van der Waals surface area contributed by atoms with Crippen LogP contribution in [0.5, 0.6) is 0 Å². The molecule has 1 aromatic heterocycles. The third-order valence-corrected chi connectivity index (χ3v) is 2.75. The smallest absolute Gasteiger partial charge is 0.0351 e. The van der Waals surface area contributed by atoms with Crippen LogP contribution in [0.25, 0.3) is 0 Å². The fourth-order valence-electron chi connectivity index (χ4n) is 1.30. The minimum absolute atomic E-state index is 0.0465. The standard InChI is InChI=1S/C10H19N3/c1-10(8-11,13(2)3)7-9-5-4-6-12-9/h4-6,12H,7-8,11H2,1-3H3. The van der Waals surface area contributed by atoms with Crippen molar-refractivity contribution in [2.45, 2.75) is 18.9 Å². The molecule has 1 unspecified atom stereocenters. The first kappa shape index (κ1) is 10.3. The van der Waals surface area contributed by atoms with Crippen molar-refractivity contribution in [3.63, 3.8) is 0 Å². The van der Waals surface area contributed by atoms with E-state index < -0.39 is 0 Å². The lowest BCUT2D eigenvalue weighted by Gasteiger charge is -2.35. The molecule has 1 aromatic rings. The molecule has 0 aliphatic carbocycles. The van der Waals surface area contributed by atoms with Crippen molar-refractivity contribution >= 4 is 0 Å². The zero-order chi connectivity index (χ0) is 9.90. The topological polar surface area (TPSA) is 45.0 Å². The molecular weight excluding hydrogens is 162 g/mol. The summed E-state index contributed by atoms with van der Waals surface area (Å²) < 4.78 is 0. The highest BCUT2D eigenvalue weighted by Gasteiger charge is 2.25. The van der Waals surface area contributed by atoms with Crippen LogP contribution in [-0.2, 0) is 6.42 Å². The SMILES string of the molecule is CN(C)C(C)(CN)Cc1ccc[nH]1. The minimum atomic E-state index is 0.0465. The second-order valence-electron chi connectivity index (χ2n) is 3.97. The number of H-pyrrole nitrogens is 1. The van der Waals surface area contributed by atoms with Crippen molar-refractivity contribution in [1.82, 2.24) is 9.88 Å². The normalized spacial score (nSPS) is 16.1. The summed E-state index contributed by atoms with van der Waals surface area (Å²) in [5.74, 6) is 0. The Bertz CT molecular complexity index is 241. The zero-order valence-corrected chi connectivity index (χ0v) is 8.67. The summed E-state index contributed by atoms with van der Waals surface area (Å²) in [7, 11) is 4.13. The van der Waals surface area contributed by atoms with Gasteiger partial charge in [0.25, 0.3) is 0 Å². The molecule has 1 atom stereocenters. The molecule has 3 heteroatoms. The van der Waals surface area contributed by atoms with Crippen LogP contribution in [0, 0.1) is 0 Å². The monoisotopic (exact) mass is 181 g/mol. The van der Waals surface area contributed by atoms with Crippen LogP contribution < -0.4 is 5.73 Å². The molecule has 74 valence electrons. The Labute approximate surface area is 79.9 Å². The van der Waals surface area contributed by atoms with Crippen LogP contribution in [-0.4, -0.2) is 36.1 Å². The van der Waals surface area contributed by atoms with Gasteiger partial charge in [0.1, 0.15) is 0 Å². The van der Waals surface area contributed by atoms with Crippen LogP contribution in [0.3, 0.4) is 0 Å². The van der Waals surface area contributed by atoms with Gasteiger partial charge in [0.2, 0.25) is 0 Å². The van der Waals surface area contributed by atoms with Crippen LogP contribution in [0.4, 0.5) is 0 Å². The molecule has 0 aliphatic rings. The molecule has 0 fully saturated rings. The van der Waals surface area contributed by atoms with Crippen molar-refractivity contribution in [2.24, 2.45) is 5.73 Å². The van der Waals surface area contributed by atoms with Gasteiger partial charge in [0.15, 0.2) is 0 Å². The van der Waals surface area contributed by atoms with Crippen LogP contribution in [0.15, 0.2) is 18.3 Å². The second kappa shape index (κ2) is 3.94. The third-order valence-electron chi connectivity index (χ3n) is 2.75. The summed E-state index contributed by atoms with van der Waals surface area (Å²) in [5.41, 5.74) is 7.05. The van der Waals surface area contributed by atoms with Gasteiger partial charge in [0.05, 0.1) is 0 Å². The Morgan fingerprint density at radius 1 is 1.54 bits per heavy atom. The molecule has 0 amide bonds. The Hall–Kier alpha value is -0.800. The zero-order valence-electron chi connectivity index (χ0n) is 8.67. The number of nitrogens with zero attached hydrogens (tertiary/aromatic N) is 1. The first-order valence-electron chi connectivity index (χ1n) is 4.58. The van der Waals surface area contributed by atoms with E-state index >= 15 is 0 Å². The van der Waals surface area contributed by atoms with Gasteiger partial charge in [0, 0.05) is 30.4 Å². The number of hydrogen-bond donors (Lipinski definition) is 2. The van der Waals surface area contributed by atoms with Gasteiger partial charge in [-0.05, 0) is 33.2 Å². The average molecular weight is 181 g/mol. The highest BCUT2D eigenvalue weighted by molar-refractivity contribution is 5.08. The summed E-state index contributed by atoms with van der Waals surface area (Å²) in [6.45, 7) is 2.84. The fraction of sp³-hybridized carbons (Fsp3) is 0.600. The molecule has 1 rings (SSSR count). The molecular formula is C10H19N3. The number of rotatable bonds is 4. The number of nitrogens with two attached hydrogens (primary N) is 1. The third kappa shape index (κ3) is 2.32. The van der Waals surface area contributed by atoms with Gasteiger partial charge in [-0.15, -0.1) is 0 Å². The number of likely N-dealkylation sites (N-methyl/N-ethyl adjacent to an activating group) is 1. The average Bonchev–Trinajstić information content (AvgIpc) is 2.56. The highest BCUT2D eigenvalue weighted by atomic mass is 15.1. The highest BCUT2D eigenvalue weighted by Crippen LogP contribution is 2.15. The molecule has 3 nitrogen and oxygen atoms in total. The summed E-state index contributed by atoms with van der Waals surface area (Å²) in [6.07, 6.45) is 2.91. The summed E-state index contributed by atoms with van der Waals surface area (Å²) in [5, 5.41) is 0. The molecule has 3 N–H and O–H groups in total. The van der Waals surface area contributed by atoms with E-state index in [1.54, 1.807) is 0 Å². The quantitative estimate of drug-likeness (QED) is 0.723. The molecule has 0 bridgehead atoms. The maximum Gasteiger partial charge on any atom is 0.0351 e. The van der Waals surface area contributed by atoms with Gasteiger partial charge in [-0.3, -0.25) is 0 Å². The summed E-state index contributed by atoms with van der Waals surface area (Å²) in [4.78, 5) is 5.37. The molecule has 0 aromatic carbocycles. The van der Waals surface area contributed by atoms with Crippen molar-refractivity contribution in [3.8, 4) is 0 Å². The maximum absolute atomic E-state index is 5.77. The first-order chi connectivity index (χ1) is 6.08. The Morgan fingerprint density at radius 3 is 2.62 bits per heavy atom. The van der Waals surface area contributed by atoms with E-state index in [1.807, 2.05) is 12.3 Å². The van der Waals surface area contributed by atoms with E-state index in [0.29, 0.717) is 6.54 Å². The van der Waals surface area contributed by atoms with E-state index in [0.717, 1.165) is 6.42 Å². The first-order valence-corrected chi connectivity index (χ1v) is 4.58. The van der Waals surface area contributed by atoms with Crippen molar-refractivity contribution in [3.05, 3.63) is 24.0 Å². The minimum Gasteiger partial charge on any atom is -0.365 e. The van der Waals surface area contributed by atoms with E-state index in [1.165, 1.54) is 5.69 Å². The lowest BCUT2D eigenvalue weighted by molar-refractivity contribution is 0.180. The number of hydrogen-bond acceptors (Lipinski definition) is 2.